The van der Waals surface area contributed by atoms with Crippen LogP contribution < -0.4 is 0 Å². The lowest BCUT2D eigenvalue weighted by molar-refractivity contribution is -0.128. The van der Waals surface area contributed by atoms with E-state index in [2.05, 4.69) is 18.7 Å². The summed E-state index contributed by atoms with van der Waals surface area (Å²) in [6, 6.07) is 1.30. The van der Waals surface area contributed by atoms with Gasteiger partial charge >= 0.3 is 0 Å². The molecule has 12 heavy (non-hydrogen) atoms. The number of nitrogens with zero attached hydrogens (tertiary/aromatic N) is 1. The Hall–Kier alpha value is -0.370. The monoisotopic (exact) mass is 167 g/mol. The Balaban J connectivity index is 2.03. The van der Waals surface area contributed by atoms with Gasteiger partial charge in [0.2, 0.25) is 0 Å². The minimum atomic E-state index is 0.263. The highest BCUT2D eigenvalue weighted by molar-refractivity contribution is 5.82. The molecule has 2 heteroatoms. The maximum Gasteiger partial charge on any atom is 0.138 e. The molecule has 2 aliphatic rings. The molecule has 2 fully saturated rings. The van der Waals surface area contributed by atoms with Crippen molar-refractivity contribution in [3.05, 3.63) is 0 Å². The van der Waals surface area contributed by atoms with Crippen LogP contribution in [-0.2, 0) is 4.79 Å². The summed E-state index contributed by atoms with van der Waals surface area (Å²) < 4.78 is 0. The average Bonchev–Trinajstić information content (AvgIpc) is 2.84. The maximum absolute atomic E-state index is 11.4. The normalized spacial score (nSPS) is 38.7. The first kappa shape index (κ1) is 8.24. The third-order valence-corrected chi connectivity index (χ3v) is 3.39. The first-order chi connectivity index (χ1) is 5.70. The Morgan fingerprint density at radius 3 is 2.58 bits per heavy atom. The molecule has 1 heterocycles. The SMILES string of the molecule is C[C@@H]1C(=O)CCN(C2CC2)[C@@H]1C. The van der Waals surface area contributed by atoms with Crippen molar-refractivity contribution in [3.8, 4) is 0 Å². The molecule has 1 aliphatic heterocycles. The predicted octanol–water partition coefficient (Wildman–Crippen LogP) is 1.45. The fraction of sp³-hybridized carbons (Fsp3) is 0.900. The van der Waals surface area contributed by atoms with Crippen molar-refractivity contribution in [1.29, 1.82) is 0 Å². The number of hydrogen-bond donors (Lipinski definition) is 0. The van der Waals surface area contributed by atoms with E-state index in [-0.39, 0.29) is 5.92 Å². The van der Waals surface area contributed by atoms with Gasteiger partial charge in [-0.15, -0.1) is 0 Å². The van der Waals surface area contributed by atoms with Crippen LogP contribution in [0.1, 0.15) is 33.1 Å². The van der Waals surface area contributed by atoms with Crippen LogP contribution in [0.5, 0.6) is 0 Å². The first-order valence-electron chi connectivity index (χ1n) is 4.98. The van der Waals surface area contributed by atoms with Crippen molar-refractivity contribution >= 4 is 5.78 Å². The number of carbonyl (C=O) groups excluding carboxylic acids is 1. The number of carbonyl (C=O) groups is 1. The lowest BCUT2D eigenvalue weighted by Crippen LogP contribution is -2.47. The third-order valence-electron chi connectivity index (χ3n) is 3.39. The topological polar surface area (TPSA) is 20.3 Å². The van der Waals surface area contributed by atoms with E-state index in [1.807, 2.05) is 0 Å². The van der Waals surface area contributed by atoms with Gasteiger partial charge in [-0.3, -0.25) is 9.69 Å². The standard InChI is InChI=1S/C10H17NO/c1-7-8(2)11(9-3-4-9)6-5-10(7)12/h7-9H,3-6H2,1-2H3/t7-,8+/m0/s1. The van der Waals surface area contributed by atoms with Crippen LogP contribution >= 0.6 is 0 Å². The number of Topliss-reactive ketones (excluding diaryl/α,β-unsaturated/α-hetero) is 1. The second kappa shape index (κ2) is 2.84. The fourth-order valence-electron chi connectivity index (χ4n) is 2.15. The molecule has 0 aromatic heterocycles. The zero-order chi connectivity index (χ0) is 8.72. The van der Waals surface area contributed by atoms with Crippen molar-refractivity contribution < 1.29 is 4.79 Å². The summed E-state index contributed by atoms with van der Waals surface area (Å²) in [6.45, 7) is 5.27. The molecule has 1 saturated carbocycles. The van der Waals surface area contributed by atoms with Gasteiger partial charge < -0.3 is 0 Å². The summed E-state index contributed by atoms with van der Waals surface area (Å²) in [6.07, 6.45) is 3.48. The Bertz CT molecular complexity index is 198. The van der Waals surface area contributed by atoms with E-state index in [1.165, 1.54) is 12.8 Å². The summed E-state index contributed by atoms with van der Waals surface area (Å²) in [7, 11) is 0. The molecule has 1 saturated heterocycles. The highest BCUT2D eigenvalue weighted by atomic mass is 16.1. The molecule has 2 nitrogen and oxygen atoms in total. The highest BCUT2D eigenvalue weighted by Gasteiger charge is 2.38. The predicted molar refractivity (Wildman–Crippen MR) is 48.0 cm³/mol. The fourth-order valence-corrected chi connectivity index (χ4v) is 2.15. The zero-order valence-electron chi connectivity index (χ0n) is 7.92. The molecule has 0 unspecified atom stereocenters. The lowest BCUT2D eigenvalue weighted by atomic mass is 9.90. The second-order valence-corrected chi connectivity index (χ2v) is 4.21. The first-order valence-corrected chi connectivity index (χ1v) is 4.98. The van der Waals surface area contributed by atoms with E-state index in [9.17, 15) is 4.79 Å². The van der Waals surface area contributed by atoms with Crippen LogP contribution in [0.25, 0.3) is 0 Å². The molecule has 68 valence electrons. The Kier molecular flexibility index (Phi) is 1.95. The number of likely N-dealkylation sites (tertiary alicyclic amines) is 1. The van der Waals surface area contributed by atoms with Gasteiger partial charge in [0.1, 0.15) is 5.78 Å². The number of ketones is 1. The van der Waals surface area contributed by atoms with Gasteiger partial charge in [0, 0.05) is 31.0 Å². The number of piperidine rings is 1. The van der Waals surface area contributed by atoms with Crippen LogP contribution in [0.4, 0.5) is 0 Å². The van der Waals surface area contributed by atoms with Crippen LogP contribution in [0.3, 0.4) is 0 Å². The average molecular weight is 167 g/mol. The van der Waals surface area contributed by atoms with Crippen molar-refractivity contribution in [2.45, 2.75) is 45.2 Å². The zero-order valence-corrected chi connectivity index (χ0v) is 7.92. The van der Waals surface area contributed by atoms with Crippen molar-refractivity contribution in [2.75, 3.05) is 6.54 Å². The molecule has 0 aromatic rings. The van der Waals surface area contributed by atoms with Gasteiger partial charge in [0.25, 0.3) is 0 Å². The Labute approximate surface area is 73.9 Å². The van der Waals surface area contributed by atoms with Gasteiger partial charge in [-0.05, 0) is 19.8 Å². The molecule has 1 aliphatic carbocycles. The van der Waals surface area contributed by atoms with Crippen LogP contribution in [0.15, 0.2) is 0 Å². The lowest BCUT2D eigenvalue weighted by Gasteiger charge is -2.37. The quantitative estimate of drug-likeness (QED) is 0.589. The molecular weight excluding hydrogens is 150 g/mol. The summed E-state index contributed by atoms with van der Waals surface area (Å²) >= 11 is 0. The maximum atomic E-state index is 11.4. The molecule has 2 rings (SSSR count). The minimum absolute atomic E-state index is 0.263. The molecule has 0 radical (unpaired) electrons. The van der Waals surface area contributed by atoms with E-state index in [4.69, 9.17) is 0 Å². The smallest absolute Gasteiger partial charge is 0.138 e. The third kappa shape index (κ3) is 1.28. The van der Waals surface area contributed by atoms with E-state index in [0.29, 0.717) is 11.8 Å². The summed E-state index contributed by atoms with van der Waals surface area (Å²) in [5.74, 6) is 0.721. The van der Waals surface area contributed by atoms with Crippen molar-refractivity contribution in [2.24, 2.45) is 5.92 Å². The number of rotatable bonds is 1. The van der Waals surface area contributed by atoms with Crippen LogP contribution in [-0.4, -0.2) is 29.3 Å². The molecule has 0 bridgehead atoms. The van der Waals surface area contributed by atoms with E-state index >= 15 is 0 Å². The molecule has 0 amide bonds. The molecule has 0 N–H and O–H groups in total. The Morgan fingerprint density at radius 2 is 2.00 bits per heavy atom. The Morgan fingerprint density at radius 1 is 1.33 bits per heavy atom. The van der Waals surface area contributed by atoms with E-state index < -0.39 is 0 Å². The largest absolute Gasteiger partial charge is 0.299 e. The second-order valence-electron chi connectivity index (χ2n) is 4.21. The highest BCUT2D eigenvalue weighted by Crippen LogP contribution is 2.33. The summed E-state index contributed by atoms with van der Waals surface area (Å²) in [4.78, 5) is 13.9. The van der Waals surface area contributed by atoms with Gasteiger partial charge in [-0.2, -0.15) is 0 Å². The van der Waals surface area contributed by atoms with Crippen molar-refractivity contribution in [1.82, 2.24) is 4.90 Å². The summed E-state index contributed by atoms with van der Waals surface area (Å²) in [5, 5.41) is 0. The summed E-state index contributed by atoms with van der Waals surface area (Å²) in [5.41, 5.74) is 0. The minimum Gasteiger partial charge on any atom is -0.299 e. The van der Waals surface area contributed by atoms with Crippen molar-refractivity contribution in [3.63, 3.8) is 0 Å². The van der Waals surface area contributed by atoms with Gasteiger partial charge in [0.05, 0.1) is 0 Å². The van der Waals surface area contributed by atoms with Gasteiger partial charge in [-0.25, -0.2) is 0 Å². The molecule has 0 spiro atoms. The van der Waals surface area contributed by atoms with Gasteiger partial charge in [-0.1, -0.05) is 6.92 Å². The molecular formula is C10H17NO. The molecule has 0 aromatic carbocycles. The van der Waals surface area contributed by atoms with E-state index in [1.54, 1.807) is 0 Å². The van der Waals surface area contributed by atoms with Crippen LogP contribution in [0.2, 0.25) is 0 Å². The molecule has 2 atom stereocenters. The van der Waals surface area contributed by atoms with Gasteiger partial charge in [0.15, 0.2) is 0 Å². The van der Waals surface area contributed by atoms with Crippen LogP contribution in [0, 0.1) is 5.92 Å². The van der Waals surface area contributed by atoms with E-state index in [0.717, 1.165) is 19.0 Å². The number of hydrogen-bond acceptors (Lipinski definition) is 2.